The first-order valence-electron chi connectivity index (χ1n) is 2.95. The molecule has 0 aliphatic rings. The highest BCUT2D eigenvalue weighted by Gasteiger charge is 2.00. The first kappa shape index (κ1) is 7.92. The van der Waals surface area contributed by atoms with Crippen LogP contribution in [0.5, 0.6) is 0 Å². The van der Waals surface area contributed by atoms with Crippen molar-refractivity contribution in [3.8, 4) is 0 Å². The smallest absolute Gasteiger partial charge is 0.0955 e. The molecule has 0 amide bonds. The van der Waals surface area contributed by atoms with E-state index in [1.54, 1.807) is 0 Å². The van der Waals surface area contributed by atoms with Gasteiger partial charge in [0.15, 0.2) is 0 Å². The second-order valence-corrected chi connectivity index (χ2v) is 1.79. The first-order valence-corrected chi connectivity index (χ1v) is 2.95. The number of rotatable bonds is 4. The van der Waals surface area contributed by atoms with Crippen molar-refractivity contribution in [1.29, 1.82) is 0 Å². The van der Waals surface area contributed by atoms with E-state index in [1.807, 2.05) is 6.92 Å². The Morgan fingerprint density at radius 1 is 1.38 bits per heavy atom. The zero-order chi connectivity index (χ0) is 6.41. The van der Waals surface area contributed by atoms with Crippen molar-refractivity contribution in [3.05, 3.63) is 6.10 Å². The molecule has 49 valence electrons. The van der Waals surface area contributed by atoms with Crippen LogP contribution in [-0.2, 0) is 0 Å². The monoisotopic (exact) mass is 117 g/mol. The summed E-state index contributed by atoms with van der Waals surface area (Å²) in [6.07, 6.45) is 2.52. The lowest BCUT2D eigenvalue weighted by atomic mass is 10.2. The molecular weight excluding hydrogens is 104 g/mol. The summed E-state index contributed by atoms with van der Waals surface area (Å²) in [5, 5.41) is 17.1. The summed E-state index contributed by atoms with van der Waals surface area (Å²) >= 11 is 0. The van der Waals surface area contributed by atoms with Gasteiger partial charge in [-0.25, -0.2) is 0 Å². The standard InChI is InChI=1S/C6H13O2/c1-2-3-6(8)4-5-7/h7-8H,2-5H2,1H3. The second kappa shape index (κ2) is 5.06. The van der Waals surface area contributed by atoms with Crippen LogP contribution in [0, 0.1) is 6.10 Å². The minimum absolute atomic E-state index is 0.0613. The Labute approximate surface area is 50.2 Å². The minimum Gasteiger partial charge on any atom is -0.396 e. The van der Waals surface area contributed by atoms with Crippen LogP contribution < -0.4 is 0 Å². The number of aliphatic hydroxyl groups is 2. The fraction of sp³-hybridized carbons (Fsp3) is 0.833. The predicted octanol–water partition coefficient (Wildman–Crippen LogP) is 1.07. The molecule has 2 nitrogen and oxygen atoms in total. The van der Waals surface area contributed by atoms with Gasteiger partial charge in [0.05, 0.1) is 6.10 Å². The summed E-state index contributed by atoms with van der Waals surface area (Å²) in [5.74, 6) is 0. The molecule has 2 heteroatoms. The molecule has 1 radical (unpaired) electrons. The van der Waals surface area contributed by atoms with Crippen molar-refractivity contribution in [2.75, 3.05) is 6.61 Å². The average Bonchev–Trinajstić information content (AvgIpc) is 1.68. The third-order valence-electron chi connectivity index (χ3n) is 0.939. The summed E-state index contributed by atoms with van der Waals surface area (Å²) in [6, 6.07) is 0. The first-order chi connectivity index (χ1) is 3.81. The molecule has 0 spiro atoms. The summed E-state index contributed by atoms with van der Waals surface area (Å²) in [7, 11) is 0. The van der Waals surface area contributed by atoms with E-state index in [4.69, 9.17) is 10.2 Å². The fourth-order valence-electron chi connectivity index (χ4n) is 0.543. The predicted molar refractivity (Wildman–Crippen MR) is 31.8 cm³/mol. The summed E-state index contributed by atoms with van der Waals surface area (Å²) in [6.45, 7) is 2.05. The van der Waals surface area contributed by atoms with E-state index in [1.165, 1.54) is 0 Å². The van der Waals surface area contributed by atoms with Gasteiger partial charge in [0.25, 0.3) is 0 Å². The molecule has 0 rings (SSSR count). The highest BCUT2D eigenvalue weighted by atomic mass is 16.3. The molecule has 8 heavy (non-hydrogen) atoms. The van der Waals surface area contributed by atoms with Crippen LogP contribution in [0.1, 0.15) is 26.2 Å². The van der Waals surface area contributed by atoms with Crippen LogP contribution >= 0.6 is 0 Å². The fourth-order valence-corrected chi connectivity index (χ4v) is 0.543. The normalized spacial score (nSPS) is 10.5. The van der Waals surface area contributed by atoms with E-state index in [-0.39, 0.29) is 6.61 Å². The van der Waals surface area contributed by atoms with Gasteiger partial charge in [-0.3, -0.25) is 0 Å². The van der Waals surface area contributed by atoms with Crippen molar-refractivity contribution >= 4 is 0 Å². The lowest BCUT2D eigenvalue weighted by Gasteiger charge is -2.02. The van der Waals surface area contributed by atoms with E-state index in [0.717, 1.165) is 12.8 Å². The van der Waals surface area contributed by atoms with Crippen LogP contribution in [0.25, 0.3) is 0 Å². The number of hydrogen-bond acceptors (Lipinski definition) is 2. The molecule has 2 N–H and O–H groups in total. The molecule has 0 fully saturated rings. The summed E-state index contributed by atoms with van der Waals surface area (Å²) < 4.78 is 0. The highest BCUT2D eigenvalue weighted by molar-refractivity contribution is 4.72. The largest absolute Gasteiger partial charge is 0.396 e. The SMILES string of the molecule is CCC[C](O)CCO. The zero-order valence-corrected chi connectivity index (χ0v) is 5.22. The van der Waals surface area contributed by atoms with E-state index < -0.39 is 0 Å². The van der Waals surface area contributed by atoms with Gasteiger partial charge in [-0.15, -0.1) is 0 Å². The van der Waals surface area contributed by atoms with Crippen molar-refractivity contribution < 1.29 is 10.2 Å². The third-order valence-corrected chi connectivity index (χ3v) is 0.939. The molecule has 0 aliphatic carbocycles. The number of aliphatic hydroxyl groups excluding tert-OH is 2. The lowest BCUT2D eigenvalue weighted by molar-refractivity contribution is 0.211. The molecular formula is C6H13O2. The van der Waals surface area contributed by atoms with Gasteiger partial charge in [0.1, 0.15) is 0 Å². The maximum Gasteiger partial charge on any atom is 0.0955 e. The van der Waals surface area contributed by atoms with Gasteiger partial charge in [-0.05, 0) is 6.42 Å². The van der Waals surface area contributed by atoms with Gasteiger partial charge in [0.2, 0.25) is 0 Å². The summed E-state index contributed by atoms with van der Waals surface area (Å²) in [5.41, 5.74) is 0. The molecule has 0 unspecified atom stereocenters. The van der Waals surface area contributed by atoms with Crippen LogP contribution in [-0.4, -0.2) is 16.8 Å². The van der Waals surface area contributed by atoms with Crippen molar-refractivity contribution in [2.24, 2.45) is 0 Å². The molecule has 0 saturated carbocycles. The maximum atomic E-state index is 8.81. The Hall–Kier alpha value is -0.0800. The third kappa shape index (κ3) is 4.09. The van der Waals surface area contributed by atoms with E-state index >= 15 is 0 Å². The molecule has 0 bridgehead atoms. The second-order valence-electron chi connectivity index (χ2n) is 1.79. The topological polar surface area (TPSA) is 40.5 Å². The molecule has 0 aromatic rings. The lowest BCUT2D eigenvalue weighted by Crippen LogP contribution is -1.97. The maximum absolute atomic E-state index is 8.81. The molecule has 0 saturated heterocycles. The average molecular weight is 117 g/mol. The van der Waals surface area contributed by atoms with Gasteiger partial charge in [-0.2, -0.15) is 0 Å². The van der Waals surface area contributed by atoms with Gasteiger partial charge < -0.3 is 10.2 Å². The van der Waals surface area contributed by atoms with Gasteiger partial charge in [-0.1, -0.05) is 13.3 Å². The van der Waals surface area contributed by atoms with Crippen LogP contribution in [0.2, 0.25) is 0 Å². The number of hydrogen-bond donors (Lipinski definition) is 2. The van der Waals surface area contributed by atoms with E-state index in [9.17, 15) is 0 Å². The Balaban J connectivity index is 2.92. The van der Waals surface area contributed by atoms with Crippen molar-refractivity contribution in [2.45, 2.75) is 26.2 Å². The Kier molecular flexibility index (Phi) is 5.01. The van der Waals surface area contributed by atoms with Gasteiger partial charge in [0, 0.05) is 13.0 Å². The van der Waals surface area contributed by atoms with Crippen LogP contribution in [0.4, 0.5) is 0 Å². The quantitative estimate of drug-likeness (QED) is 0.578. The van der Waals surface area contributed by atoms with Crippen LogP contribution in [0.15, 0.2) is 0 Å². The van der Waals surface area contributed by atoms with E-state index in [2.05, 4.69) is 0 Å². The summed E-state index contributed by atoms with van der Waals surface area (Å²) in [4.78, 5) is 0. The Morgan fingerprint density at radius 3 is 2.38 bits per heavy atom. The van der Waals surface area contributed by atoms with E-state index in [0.29, 0.717) is 12.5 Å². The molecule has 0 aromatic carbocycles. The van der Waals surface area contributed by atoms with Gasteiger partial charge >= 0.3 is 0 Å². The molecule has 0 aromatic heterocycles. The zero-order valence-electron chi connectivity index (χ0n) is 5.22. The molecule has 0 aliphatic heterocycles. The highest BCUT2D eigenvalue weighted by Crippen LogP contribution is 2.07. The molecule has 0 heterocycles. The Morgan fingerprint density at radius 2 is 2.00 bits per heavy atom. The minimum atomic E-state index is 0.0613. The van der Waals surface area contributed by atoms with Crippen molar-refractivity contribution in [3.63, 3.8) is 0 Å². The Bertz CT molecular complexity index is 39.8. The van der Waals surface area contributed by atoms with Crippen molar-refractivity contribution in [1.82, 2.24) is 0 Å². The van der Waals surface area contributed by atoms with Crippen LogP contribution in [0.3, 0.4) is 0 Å². The molecule has 0 atom stereocenters.